The Labute approximate surface area is 152 Å². The molecule has 1 saturated heterocycles. The average molecular weight is 383 g/mol. The Morgan fingerprint density at radius 1 is 1.30 bits per heavy atom. The van der Waals surface area contributed by atoms with Crippen molar-refractivity contribution in [1.82, 2.24) is 15.0 Å². The van der Waals surface area contributed by atoms with Crippen LogP contribution in [0.25, 0.3) is 0 Å². The highest BCUT2D eigenvalue weighted by Crippen LogP contribution is 2.36. The van der Waals surface area contributed by atoms with Gasteiger partial charge >= 0.3 is 18.2 Å². The number of hydrogen-bond acceptors (Lipinski definition) is 7. The third-order valence-corrected chi connectivity index (χ3v) is 4.43. The summed E-state index contributed by atoms with van der Waals surface area (Å²) in [6.45, 7) is 1.03. The number of nitrogens with zero attached hydrogens (tertiary/aromatic N) is 5. The molecule has 1 aromatic heterocycles. The van der Waals surface area contributed by atoms with Gasteiger partial charge in [0, 0.05) is 19.3 Å². The van der Waals surface area contributed by atoms with Crippen molar-refractivity contribution in [1.29, 1.82) is 5.26 Å². The number of halogens is 3. The first kappa shape index (κ1) is 18.9. The molecule has 0 saturated carbocycles. The number of hydrogen-bond donors (Lipinski definition) is 1. The summed E-state index contributed by atoms with van der Waals surface area (Å²) in [6, 6.07) is 1.27. The van der Waals surface area contributed by atoms with Crippen molar-refractivity contribution in [3.63, 3.8) is 0 Å². The summed E-state index contributed by atoms with van der Waals surface area (Å²) in [7, 11) is 0. The summed E-state index contributed by atoms with van der Waals surface area (Å²) in [5, 5.41) is 21.8. The average Bonchev–Trinajstić information content (AvgIpc) is 2.94. The quantitative estimate of drug-likeness (QED) is 0.848. The van der Waals surface area contributed by atoms with Crippen molar-refractivity contribution in [2.75, 3.05) is 18.0 Å². The summed E-state index contributed by atoms with van der Waals surface area (Å²) >= 11 is 0. The molecule has 3 rings (SSSR count). The van der Waals surface area contributed by atoms with Crippen LogP contribution in [-0.4, -0.2) is 51.5 Å². The van der Waals surface area contributed by atoms with Gasteiger partial charge in [0.1, 0.15) is 12.2 Å². The van der Waals surface area contributed by atoms with Crippen molar-refractivity contribution in [3.05, 3.63) is 29.2 Å². The van der Waals surface area contributed by atoms with Gasteiger partial charge < -0.3 is 9.63 Å². The molecule has 144 valence electrons. The van der Waals surface area contributed by atoms with Crippen LogP contribution in [-0.2, 0) is 4.79 Å². The van der Waals surface area contributed by atoms with Crippen LogP contribution in [0.3, 0.4) is 0 Å². The molecule has 0 radical (unpaired) electrons. The SMILES string of the molecule is N#Cc1noc(N2C=C(C(F)(F)F)C=C(C(=O)O)C2N2CCCCCC2)n1. The number of likely N-dealkylation sites (tertiary alicyclic amines) is 1. The lowest BCUT2D eigenvalue weighted by atomic mass is 10.0. The van der Waals surface area contributed by atoms with Crippen LogP contribution in [0, 0.1) is 11.3 Å². The normalized spacial score (nSPS) is 21.9. The van der Waals surface area contributed by atoms with E-state index in [1.165, 1.54) is 0 Å². The Bertz CT molecular complexity index is 816. The van der Waals surface area contributed by atoms with Crippen molar-refractivity contribution >= 4 is 12.0 Å². The minimum absolute atomic E-state index is 0.354. The number of alkyl halides is 3. The van der Waals surface area contributed by atoms with Gasteiger partial charge in [0.15, 0.2) is 0 Å². The second-order valence-corrected chi connectivity index (χ2v) is 6.23. The summed E-state index contributed by atoms with van der Waals surface area (Å²) < 4.78 is 44.8. The van der Waals surface area contributed by atoms with Gasteiger partial charge in [-0.1, -0.05) is 12.8 Å². The molecule has 0 aliphatic carbocycles. The van der Waals surface area contributed by atoms with Crippen molar-refractivity contribution in [3.8, 4) is 6.07 Å². The number of aliphatic carboxylic acids is 1. The van der Waals surface area contributed by atoms with Gasteiger partial charge in [-0.15, -0.1) is 0 Å². The third kappa shape index (κ3) is 3.95. The minimum Gasteiger partial charge on any atom is -0.478 e. The van der Waals surface area contributed by atoms with Gasteiger partial charge in [-0.2, -0.15) is 23.4 Å². The molecule has 8 nitrogen and oxygen atoms in total. The molecule has 0 aromatic carbocycles. The lowest BCUT2D eigenvalue weighted by Crippen LogP contribution is -2.51. The van der Waals surface area contributed by atoms with Gasteiger partial charge in [-0.3, -0.25) is 9.80 Å². The lowest BCUT2D eigenvalue weighted by Gasteiger charge is -2.39. The molecule has 1 unspecified atom stereocenters. The monoisotopic (exact) mass is 383 g/mol. The number of carbonyl (C=O) groups is 1. The van der Waals surface area contributed by atoms with Crippen LogP contribution in [0.5, 0.6) is 0 Å². The highest BCUT2D eigenvalue weighted by atomic mass is 19.4. The molecule has 0 amide bonds. The standard InChI is InChI=1S/C16H16F3N5O3/c17-16(18,19)10-7-11(14(25)26)13(23-5-3-1-2-4-6-23)24(9-10)15-21-12(8-20)22-27-15/h7,9,13H,1-6H2,(H,25,26). The van der Waals surface area contributed by atoms with Gasteiger partial charge in [-0.25, -0.2) is 4.79 Å². The molecule has 1 fully saturated rings. The maximum Gasteiger partial charge on any atom is 0.417 e. The topological polar surface area (TPSA) is 106 Å². The molecule has 2 aliphatic heterocycles. The minimum atomic E-state index is -4.76. The number of anilines is 1. The fourth-order valence-electron chi connectivity index (χ4n) is 3.21. The van der Waals surface area contributed by atoms with Gasteiger partial charge in [-0.05, 0) is 24.1 Å². The zero-order chi connectivity index (χ0) is 19.6. The predicted molar refractivity (Wildman–Crippen MR) is 85.2 cm³/mol. The van der Waals surface area contributed by atoms with Crippen molar-refractivity contribution in [2.45, 2.75) is 38.0 Å². The van der Waals surface area contributed by atoms with Crippen LogP contribution in [0.4, 0.5) is 19.2 Å². The van der Waals surface area contributed by atoms with E-state index in [2.05, 4.69) is 10.1 Å². The zero-order valence-corrected chi connectivity index (χ0v) is 14.1. The molecular weight excluding hydrogens is 367 g/mol. The molecule has 0 spiro atoms. The molecular formula is C16H16F3N5O3. The lowest BCUT2D eigenvalue weighted by molar-refractivity contribution is -0.133. The summed E-state index contributed by atoms with van der Waals surface area (Å²) in [6.07, 6.45) is -0.927. The van der Waals surface area contributed by atoms with Gasteiger partial charge in [0.05, 0.1) is 11.1 Å². The van der Waals surface area contributed by atoms with E-state index >= 15 is 0 Å². The molecule has 1 atom stereocenters. The predicted octanol–water partition coefficient (Wildman–Crippen LogP) is 2.42. The Kier molecular flexibility index (Phi) is 5.18. The first-order valence-electron chi connectivity index (χ1n) is 8.31. The first-order valence-corrected chi connectivity index (χ1v) is 8.31. The van der Waals surface area contributed by atoms with Crippen LogP contribution in [0.1, 0.15) is 31.5 Å². The number of rotatable bonds is 3. The zero-order valence-electron chi connectivity index (χ0n) is 14.1. The maximum atomic E-state index is 13.3. The highest BCUT2D eigenvalue weighted by Gasteiger charge is 2.43. The molecule has 1 N–H and O–H groups in total. The molecule has 27 heavy (non-hydrogen) atoms. The van der Waals surface area contributed by atoms with Crippen LogP contribution in [0.2, 0.25) is 0 Å². The van der Waals surface area contributed by atoms with Gasteiger partial charge in [0.25, 0.3) is 5.82 Å². The maximum absolute atomic E-state index is 13.3. The number of carboxylic acids is 1. The Morgan fingerprint density at radius 3 is 2.48 bits per heavy atom. The van der Waals surface area contributed by atoms with Crippen LogP contribution < -0.4 is 4.90 Å². The summed E-state index contributed by atoms with van der Waals surface area (Å²) in [5.41, 5.74) is -1.59. The first-order chi connectivity index (χ1) is 12.8. The van der Waals surface area contributed by atoms with Crippen LogP contribution >= 0.6 is 0 Å². The Balaban J connectivity index is 2.10. The third-order valence-electron chi connectivity index (χ3n) is 4.43. The van der Waals surface area contributed by atoms with E-state index in [1.54, 1.807) is 11.0 Å². The highest BCUT2D eigenvalue weighted by molar-refractivity contribution is 5.90. The fourth-order valence-corrected chi connectivity index (χ4v) is 3.21. The van der Waals surface area contributed by atoms with E-state index in [4.69, 9.17) is 9.78 Å². The van der Waals surface area contributed by atoms with E-state index < -0.39 is 29.5 Å². The second-order valence-electron chi connectivity index (χ2n) is 6.23. The summed E-state index contributed by atoms with van der Waals surface area (Å²) in [5.74, 6) is -1.82. The van der Waals surface area contributed by atoms with E-state index in [0.717, 1.165) is 36.8 Å². The Hall–Kier alpha value is -2.87. The Morgan fingerprint density at radius 2 is 1.96 bits per heavy atom. The number of carboxylic acid groups (broad SMARTS) is 1. The number of aromatic nitrogens is 2. The molecule has 1 aromatic rings. The molecule has 3 heterocycles. The van der Waals surface area contributed by atoms with E-state index in [9.17, 15) is 23.1 Å². The number of allylic oxidation sites excluding steroid dienone is 2. The molecule has 11 heteroatoms. The van der Waals surface area contributed by atoms with Crippen molar-refractivity contribution in [2.24, 2.45) is 0 Å². The van der Waals surface area contributed by atoms with Gasteiger partial charge in [0.2, 0.25) is 0 Å². The van der Waals surface area contributed by atoms with E-state index in [0.29, 0.717) is 19.2 Å². The van der Waals surface area contributed by atoms with E-state index in [-0.39, 0.29) is 11.8 Å². The number of nitriles is 1. The fraction of sp³-hybridized carbons (Fsp3) is 0.500. The van der Waals surface area contributed by atoms with Crippen molar-refractivity contribution < 1.29 is 27.6 Å². The largest absolute Gasteiger partial charge is 0.478 e. The summed E-state index contributed by atoms with van der Waals surface area (Å²) in [4.78, 5) is 18.3. The van der Waals surface area contributed by atoms with Crippen LogP contribution in [0.15, 0.2) is 27.9 Å². The molecule has 0 bridgehead atoms. The van der Waals surface area contributed by atoms with E-state index in [1.807, 2.05) is 0 Å². The smallest absolute Gasteiger partial charge is 0.417 e. The molecule has 2 aliphatic rings. The second kappa shape index (κ2) is 7.40.